The van der Waals surface area contributed by atoms with Crippen molar-refractivity contribution in [1.29, 1.82) is 0 Å². The van der Waals surface area contributed by atoms with Gasteiger partial charge in [0.1, 0.15) is 0 Å². The first-order valence-corrected chi connectivity index (χ1v) is 10.9. The van der Waals surface area contributed by atoms with Crippen molar-refractivity contribution >= 4 is 17.2 Å². The molecule has 0 saturated carbocycles. The lowest BCUT2D eigenvalue weighted by molar-refractivity contribution is 0.0634. The summed E-state index contributed by atoms with van der Waals surface area (Å²) < 4.78 is 5.37. The van der Waals surface area contributed by atoms with Gasteiger partial charge in [-0.25, -0.2) is 0 Å². The zero-order valence-electron chi connectivity index (χ0n) is 16.9. The zero-order valence-corrected chi connectivity index (χ0v) is 17.7. The number of amides is 1. The van der Waals surface area contributed by atoms with Crippen molar-refractivity contribution in [2.75, 3.05) is 32.7 Å². The third kappa shape index (κ3) is 4.57. The molecule has 1 saturated heterocycles. The summed E-state index contributed by atoms with van der Waals surface area (Å²) in [5.41, 5.74) is 3.08. The van der Waals surface area contributed by atoms with E-state index >= 15 is 0 Å². The maximum atomic E-state index is 12.9. The van der Waals surface area contributed by atoms with E-state index < -0.39 is 0 Å². The molecule has 1 aliphatic heterocycles. The number of rotatable bonds is 6. The highest BCUT2D eigenvalue weighted by atomic mass is 32.1. The number of nitrogens with zero attached hydrogens (tertiary/aromatic N) is 4. The molecule has 152 valence electrons. The van der Waals surface area contributed by atoms with Crippen LogP contribution in [0.25, 0.3) is 10.7 Å². The monoisotopic (exact) mass is 410 g/mol. The summed E-state index contributed by atoms with van der Waals surface area (Å²) in [7, 11) is 0. The molecule has 1 aromatic carbocycles. The molecule has 6 nitrogen and oxygen atoms in total. The fourth-order valence-electron chi connectivity index (χ4n) is 3.64. The molecule has 3 heterocycles. The summed E-state index contributed by atoms with van der Waals surface area (Å²) in [6.07, 6.45) is 1.75. The Kier molecular flexibility index (Phi) is 6.06. The Bertz CT molecular complexity index is 959. The first-order chi connectivity index (χ1) is 14.1. The van der Waals surface area contributed by atoms with Crippen LogP contribution in [0.3, 0.4) is 0 Å². The summed E-state index contributed by atoms with van der Waals surface area (Å²) in [5.74, 6) is 1.52. The first-order valence-electron chi connectivity index (χ1n) is 10.1. The standard InChI is InChI=1S/C22H26N4O2S/c1-16-6-3-7-18(17(16)2)22(27)26-13-11-25(12-14-26)10-4-9-20-23-21(24-28-20)19-8-5-15-29-19/h3,5-8,15H,4,9-14H2,1-2H3. The molecule has 2 aromatic heterocycles. The van der Waals surface area contributed by atoms with Crippen LogP contribution in [0.1, 0.15) is 33.8 Å². The second-order valence-electron chi connectivity index (χ2n) is 7.47. The number of piperazine rings is 1. The number of hydrogen-bond donors (Lipinski definition) is 0. The van der Waals surface area contributed by atoms with Crippen molar-refractivity contribution < 1.29 is 9.32 Å². The third-order valence-corrected chi connectivity index (χ3v) is 6.43. The van der Waals surface area contributed by atoms with Crippen LogP contribution in [-0.4, -0.2) is 58.6 Å². The van der Waals surface area contributed by atoms with Gasteiger partial charge in [-0.3, -0.25) is 9.69 Å². The lowest BCUT2D eigenvalue weighted by Gasteiger charge is -2.35. The molecule has 29 heavy (non-hydrogen) atoms. The minimum atomic E-state index is 0.151. The van der Waals surface area contributed by atoms with Crippen molar-refractivity contribution in [3.05, 3.63) is 58.3 Å². The topological polar surface area (TPSA) is 62.5 Å². The highest BCUT2D eigenvalue weighted by Gasteiger charge is 2.23. The molecule has 0 unspecified atom stereocenters. The molecular formula is C22H26N4O2S. The summed E-state index contributed by atoms with van der Waals surface area (Å²) >= 11 is 1.61. The molecular weight excluding hydrogens is 384 g/mol. The van der Waals surface area contributed by atoms with Crippen LogP contribution < -0.4 is 0 Å². The number of hydrogen-bond acceptors (Lipinski definition) is 6. The largest absolute Gasteiger partial charge is 0.339 e. The molecule has 0 bridgehead atoms. The van der Waals surface area contributed by atoms with Gasteiger partial charge in [0.25, 0.3) is 5.91 Å². The van der Waals surface area contributed by atoms with Gasteiger partial charge < -0.3 is 9.42 Å². The van der Waals surface area contributed by atoms with E-state index in [0.717, 1.165) is 67.1 Å². The highest BCUT2D eigenvalue weighted by molar-refractivity contribution is 7.13. The number of aromatic nitrogens is 2. The molecule has 1 aliphatic rings. The van der Waals surface area contributed by atoms with Crippen LogP contribution in [0.15, 0.2) is 40.2 Å². The van der Waals surface area contributed by atoms with E-state index in [0.29, 0.717) is 11.7 Å². The normalized spacial score (nSPS) is 15.0. The van der Waals surface area contributed by atoms with Gasteiger partial charge in [-0.1, -0.05) is 23.4 Å². The maximum Gasteiger partial charge on any atom is 0.254 e. The van der Waals surface area contributed by atoms with E-state index in [-0.39, 0.29) is 5.91 Å². The Labute approximate surface area is 175 Å². The highest BCUT2D eigenvalue weighted by Crippen LogP contribution is 2.21. The Balaban J connectivity index is 1.23. The number of carbonyl (C=O) groups is 1. The van der Waals surface area contributed by atoms with Crippen molar-refractivity contribution in [1.82, 2.24) is 19.9 Å². The van der Waals surface area contributed by atoms with Gasteiger partial charge in [0.2, 0.25) is 11.7 Å². The smallest absolute Gasteiger partial charge is 0.254 e. The lowest BCUT2D eigenvalue weighted by atomic mass is 10.0. The maximum absolute atomic E-state index is 12.9. The number of thiophene rings is 1. The summed E-state index contributed by atoms with van der Waals surface area (Å²) in [4.78, 5) is 22.8. The van der Waals surface area contributed by atoms with E-state index in [1.807, 2.05) is 41.5 Å². The zero-order chi connectivity index (χ0) is 20.2. The fraction of sp³-hybridized carbons (Fsp3) is 0.409. The Hall–Kier alpha value is -2.51. The van der Waals surface area contributed by atoms with Gasteiger partial charge >= 0.3 is 0 Å². The number of carbonyl (C=O) groups excluding carboxylic acids is 1. The van der Waals surface area contributed by atoms with E-state index in [1.165, 1.54) is 0 Å². The van der Waals surface area contributed by atoms with Crippen molar-refractivity contribution in [2.24, 2.45) is 0 Å². The van der Waals surface area contributed by atoms with Gasteiger partial charge in [0.15, 0.2) is 0 Å². The van der Waals surface area contributed by atoms with Crippen molar-refractivity contribution in [3.8, 4) is 10.7 Å². The van der Waals surface area contributed by atoms with Gasteiger partial charge in [-0.05, 0) is 55.5 Å². The quantitative estimate of drug-likeness (QED) is 0.618. The van der Waals surface area contributed by atoms with E-state index in [1.54, 1.807) is 11.3 Å². The summed E-state index contributed by atoms with van der Waals surface area (Å²) in [5, 5.41) is 6.07. The second kappa shape index (κ2) is 8.88. The minimum Gasteiger partial charge on any atom is -0.339 e. The molecule has 3 aromatic rings. The molecule has 0 atom stereocenters. The predicted octanol–water partition coefficient (Wildman–Crippen LogP) is 3.81. The van der Waals surface area contributed by atoms with Gasteiger partial charge in [-0.2, -0.15) is 4.98 Å². The fourth-order valence-corrected chi connectivity index (χ4v) is 4.29. The van der Waals surface area contributed by atoms with Crippen molar-refractivity contribution in [2.45, 2.75) is 26.7 Å². The molecule has 0 N–H and O–H groups in total. The van der Waals surface area contributed by atoms with Crippen LogP contribution in [0.4, 0.5) is 0 Å². The van der Waals surface area contributed by atoms with E-state index in [2.05, 4.69) is 28.0 Å². The van der Waals surface area contributed by atoms with Crippen LogP contribution in [-0.2, 0) is 6.42 Å². The predicted molar refractivity (Wildman–Crippen MR) is 114 cm³/mol. The number of benzene rings is 1. The number of aryl methyl sites for hydroxylation is 2. The minimum absolute atomic E-state index is 0.151. The SMILES string of the molecule is Cc1cccc(C(=O)N2CCN(CCCc3nc(-c4cccs4)no3)CC2)c1C. The van der Waals surface area contributed by atoms with Gasteiger partial charge in [0.05, 0.1) is 4.88 Å². The molecule has 7 heteroatoms. The molecule has 0 radical (unpaired) electrons. The van der Waals surface area contributed by atoms with Crippen molar-refractivity contribution in [3.63, 3.8) is 0 Å². The first kappa shape index (κ1) is 19.8. The Morgan fingerprint density at radius 1 is 1.14 bits per heavy atom. The third-order valence-electron chi connectivity index (χ3n) is 5.57. The lowest BCUT2D eigenvalue weighted by Crippen LogP contribution is -2.49. The molecule has 4 rings (SSSR count). The van der Waals surface area contributed by atoms with Crippen LogP contribution in [0.2, 0.25) is 0 Å². The molecule has 0 spiro atoms. The summed E-state index contributed by atoms with van der Waals surface area (Å²) in [6.45, 7) is 8.41. The van der Waals surface area contributed by atoms with Crippen LogP contribution >= 0.6 is 11.3 Å². The van der Waals surface area contributed by atoms with E-state index in [9.17, 15) is 4.79 Å². The Morgan fingerprint density at radius 2 is 1.97 bits per heavy atom. The average Bonchev–Trinajstić information content (AvgIpc) is 3.42. The molecule has 0 aliphatic carbocycles. The average molecular weight is 411 g/mol. The van der Waals surface area contributed by atoms with Crippen LogP contribution in [0, 0.1) is 13.8 Å². The van der Waals surface area contributed by atoms with Crippen LogP contribution in [0.5, 0.6) is 0 Å². The van der Waals surface area contributed by atoms with Gasteiger partial charge in [-0.15, -0.1) is 11.3 Å². The van der Waals surface area contributed by atoms with E-state index in [4.69, 9.17) is 4.52 Å². The van der Waals surface area contributed by atoms with Gasteiger partial charge in [0, 0.05) is 38.2 Å². The summed E-state index contributed by atoms with van der Waals surface area (Å²) in [6, 6.07) is 9.94. The molecule has 1 fully saturated rings. The Morgan fingerprint density at radius 3 is 2.72 bits per heavy atom. The second-order valence-corrected chi connectivity index (χ2v) is 8.42. The molecule has 1 amide bonds.